The summed E-state index contributed by atoms with van der Waals surface area (Å²) in [5.74, 6) is 1.09. The lowest BCUT2D eigenvalue weighted by molar-refractivity contribution is 0.230. The second-order valence-electron chi connectivity index (χ2n) is 5.25. The SMILES string of the molecule is CC(CN=C(N)NCCc1ccccc1)Oc1ccccc1Cl.I. The Morgan fingerprint density at radius 2 is 1.83 bits per heavy atom. The second-order valence-corrected chi connectivity index (χ2v) is 5.65. The summed E-state index contributed by atoms with van der Waals surface area (Å²) in [5.41, 5.74) is 7.13. The van der Waals surface area contributed by atoms with E-state index < -0.39 is 0 Å². The summed E-state index contributed by atoms with van der Waals surface area (Å²) in [7, 11) is 0. The fraction of sp³-hybridized carbons (Fsp3) is 0.278. The maximum absolute atomic E-state index is 6.06. The third-order valence-corrected chi connectivity index (χ3v) is 3.56. The highest BCUT2D eigenvalue weighted by Crippen LogP contribution is 2.24. The molecule has 130 valence electrons. The van der Waals surface area contributed by atoms with Crippen LogP contribution in [0.15, 0.2) is 59.6 Å². The number of benzene rings is 2. The number of hydrogen-bond acceptors (Lipinski definition) is 2. The lowest BCUT2D eigenvalue weighted by Crippen LogP contribution is -2.34. The zero-order valence-electron chi connectivity index (χ0n) is 13.6. The molecule has 0 aliphatic heterocycles. The average molecular weight is 460 g/mol. The number of para-hydroxylation sites is 1. The first kappa shape index (κ1) is 20.6. The summed E-state index contributed by atoms with van der Waals surface area (Å²) in [4.78, 5) is 4.30. The van der Waals surface area contributed by atoms with Gasteiger partial charge in [0.2, 0.25) is 0 Å². The minimum absolute atomic E-state index is 0. The van der Waals surface area contributed by atoms with Gasteiger partial charge in [0.25, 0.3) is 0 Å². The number of nitrogens with one attached hydrogen (secondary N) is 1. The van der Waals surface area contributed by atoms with Gasteiger partial charge in [0.15, 0.2) is 5.96 Å². The van der Waals surface area contributed by atoms with Crippen LogP contribution in [0.5, 0.6) is 5.75 Å². The number of guanidine groups is 1. The van der Waals surface area contributed by atoms with Gasteiger partial charge in [0.05, 0.1) is 11.6 Å². The van der Waals surface area contributed by atoms with E-state index in [4.69, 9.17) is 22.1 Å². The molecule has 0 amide bonds. The number of aliphatic imine (C=N–C) groups is 1. The Kier molecular flexibility index (Phi) is 9.56. The molecule has 2 rings (SSSR count). The largest absolute Gasteiger partial charge is 0.487 e. The average Bonchev–Trinajstić information content (AvgIpc) is 2.56. The standard InChI is InChI=1S/C18H22ClN3O.HI/c1-14(23-17-10-6-5-9-16(17)19)13-22-18(20)21-12-11-15-7-3-2-4-8-15;/h2-10,14H,11-13H2,1H3,(H3,20,21,22);1H. The van der Waals surface area contributed by atoms with Gasteiger partial charge in [-0.3, -0.25) is 0 Å². The molecule has 2 aromatic carbocycles. The van der Waals surface area contributed by atoms with Crippen LogP contribution in [0.1, 0.15) is 12.5 Å². The van der Waals surface area contributed by atoms with Gasteiger partial charge in [-0.2, -0.15) is 0 Å². The zero-order valence-corrected chi connectivity index (χ0v) is 16.7. The second kappa shape index (κ2) is 11.1. The van der Waals surface area contributed by atoms with Gasteiger partial charge in [-0.05, 0) is 31.0 Å². The molecule has 0 radical (unpaired) electrons. The van der Waals surface area contributed by atoms with Crippen LogP contribution >= 0.6 is 35.6 Å². The molecule has 1 unspecified atom stereocenters. The Morgan fingerprint density at radius 1 is 1.17 bits per heavy atom. The van der Waals surface area contributed by atoms with E-state index in [1.165, 1.54) is 5.56 Å². The summed E-state index contributed by atoms with van der Waals surface area (Å²) in [6.07, 6.45) is 0.798. The third-order valence-electron chi connectivity index (χ3n) is 3.25. The summed E-state index contributed by atoms with van der Waals surface area (Å²) >= 11 is 6.06. The smallest absolute Gasteiger partial charge is 0.188 e. The van der Waals surface area contributed by atoms with Crippen molar-refractivity contribution in [2.75, 3.05) is 13.1 Å². The van der Waals surface area contributed by atoms with Crippen molar-refractivity contribution in [3.63, 3.8) is 0 Å². The van der Waals surface area contributed by atoms with E-state index in [0.29, 0.717) is 23.3 Å². The molecule has 0 bridgehead atoms. The Morgan fingerprint density at radius 3 is 2.54 bits per heavy atom. The monoisotopic (exact) mass is 459 g/mol. The summed E-state index contributed by atoms with van der Waals surface area (Å²) in [6, 6.07) is 17.6. The van der Waals surface area contributed by atoms with Crippen molar-refractivity contribution in [3.05, 3.63) is 65.2 Å². The number of hydrogen-bond donors (Lipinski definition) is 2. The molecule has 0 saturated carbocycles. The van der Waals surface area contributed by atoms with E-state index in [1.807, 2.05) is 43.3 Å². The molecule has 3 N–H and O–H groups in total. The lowest BCUT2D eigenvalue weighted by atomic mass is 10.1. The minimum atomic E-state index is -0.107. The van der Waals surface area contributed by atoms with Crippen molar-refractivity contribution in [1.29, 1.82) is 0 Å². The molecule has 0 heterocycles. The fourth-order valence-electron chi connectivity index (χ4n) is 2.06. The summed E-state index contributed by atoms with van der Waals surface area (Å²) in [5, 5.41) is 3.70. The number of rotatable bonds is 7. The van der Waals surface area contributed by atoms with Crippen LogP contribution in [0, 0.1) is 0 Å². The number of nitrogens with zero attached hydrogens (tertiary/aromatic N) is 1. The number of halogens is 2. The lowest BCUT2D eigenvalue weighted by Gasteiger charge is -2.14. The molecular weight excluding hydrogens is 437 g/mol. The fourth-order valence-corrected chi connectivity index (χ4v) is 2.24. The van der Waals surface area contributed by atoms with E-state index >= 15 is 0 Å². The van der Waals surface area contributed by atoms with Crippen LogP contribution in [0.2, 0.25) is 5.02 Å². The Labute approximate surface area is 165 Å². The predicted octanol–water partition coefficient (Wildman–Crippen LogP) is 3.87. The van der Waals surface area contributed by atoms with Gasteiger partial charge in [-0.25, -0.2) is 4.99 Å². The number of nitrogens with two attached hydrogens (primary N) is 1. The highest BCUT2D eigenvalue weighted by Gasteiger charge is 2.06. The third kappa shape index (κ3) is 7.40. The molecule has 0 aromatic heterocycles. The molecule has 6 heteroatoms. The van der Waals surface area contributed by atoms with Crippen molar-refractivity contribution in [2.24, 2.45) is 10.7 Å². The van der Waals surface area contributed by atoms with Gasteiger partial charge in [-0.15, -0.1) is 24.0 Å². The Bertz CT molecular complexity index is 637. The molecule has 24 heavy (non-hydrogen) atoms. The van der Waals surface area contributed by atoms with Gasteiger partial charge < -0.3 is 15.8 Å². The molecule has 0 spiro atoms. The molecule has 0 aliphatic rings. The maximum Gasteiger partial charge on any atom is 0.188 e. The quantitative estimate of drug-likeness (QED) is 0.375. The zero-order chi connectivity index (χ0) is 16.5. The molecule has 0 saturated heterocycles. The first-order valence-electron chi connectivity index (χ1n) is 7.64. The van der Waals surface area contributed by atoms with Gasteiger partial charge >= 0.3 is 0 Å². The van der Waals surface area contributed by atoms with Crippen LogP contribution in [0.25, 0.3) is 0 Å². The first-order valence-corrected chi connectivity index (χ1v) is 8.02. The van der Waals surface area contributed by atoms with E-state index in [0.717, 1.165) is 13.0 Å². The molecule has 4 nitrogen and oxygen atoms in total. The Hall–Kier alpha value is -1.47. The molecule has 1 atom stereocenters. The summed E-state index contributed by atoms with van der Waals surface area (Å²) < 4.78 is 5.75. The van der Waals surface area contributed by atoms with Crippen LogP contribution in [0.4, 0.5) is 0 Å². The predicted molar refractivity (Wildman–Crippen MR) is 112 cm³/mol. The molecule has 0 aliphatic carbocycles. The van der Waals surface area contributed by atoms with Crippen LogP contribution < -0.4 is 15.8 Å². The highest BCUT2D eigenvalue weighted by atomic mass is 127. The van der Waals surface area contributed by atoms with Crippen molar-refractivity contribution in [2.45, 2.75) is 19.4 Å². The highest BCUT2D eigenvalue weighted by molar-refractivity contribution is 14.0. The number of ether oxygens (including phenoxy) is 1. The summed E-state index contributed by atoms with van der Waals surface area (Å²) in [6.45, 7) is 3.15. The molecule has 2 aromatic rings. The normalized spacial score (nSPS) is 12.2. The Balaban J connectivity index is 0.00000288. The van der Waals surface area contributed by atoms with Crippen molar-refractivity contribution < 1.29 is 4.74 Å². The van der Waals surface area contributed by atoms with Crippen LogP contribution in [-0.2, 0) is 6.42 Å². The van der Waals surface area contributed by atoms with Crippen LogP contribution in [-0.4, -0.2) is 25.2 Å². The molecule has 0 fully saturated rings. The van der Waals surface area contributed by atoms with Gasteiger partial charge in [0.1, 0.15) is 11.9 Å². The minimum Gasteiger partial charge on any atom is -0.487 e. The molecular formula is C18H23ClIN3O. The maximum atomic E-state index is 6.06. The van der Waals surface area contributed by atoms with E-state index in [2.05, 4.69) is 22.4 Å². The van der Waals surface area contributed by atoms with Gasteiger partial charge in [-0.1, -0.05) is 54.1 Å². The van der Waals surface area contributed by atoms with E-state index in [1.54, 1.807) is 6.07 Å². The van der Waals surface area contributed by atoms with Crippen molar-refractivity contribution in [1.82, 2.24) is 5.32 Å². The van der Waals surface area contributed by atoms with Gasteiger partial charge in [0, 0.05) is 6.54 Å². The van der Waals surface area contributed by atoms with Crippen LogP contribution in [0.3, 0.4) is 0 Å². The van der Waals surface area contributed by atoms with E-state index in [9.17, 15) is 0 Å². The van der Waals surface area contributed by atoms with E-state index in [-0.39, 0.29) is 30.1 Å². The first-order chi connectivity index (χ1) is 11.1. The van der Waals surface area contributed by atoms with Crippen molar-refractivity contribution >= 4 is 41.5 Å². The topological polar surface area (TPSA) is 59.6 Å². The van der Waals surface area contributed by atoms with Crippen molar-refractivity contribution in [3.8, 4) is 5.75 Å².